The second kappa shape index (κ2) is 17.2. The molecule has 0 aliphatic carbocycles. The number of para-hydroxylation sites is 2. The third-order valence-corrected chi connectivity index (χ3v) is 16.1. The largest absolute Gasteiger partial charge is 0.456 e. The molecule has 0 N–H and O–H groups in total. The lowest BCUT2D eigenvalue weighted by molar-refractivity contribution is 0.668. The van der Waals surface area contributed by atoms with Crippen LogP contribution in [0.4, 0.5) is 34.1 Å². The first-order valence-electron chi connectivity index (χ1n) is 26.4. The Balaban J connectivity index is 0.981. The molecule has 0 amide bonds. The van der Waals surface area contributed by atoms with Crippen molar-refractivity contribution in [2.75, 3.05) is 9.80 Å². The highest BCUT2D eigenvalue weighted by Crippen LogP contribution is 2.48. The number of rotatable bonds is 7. The molecule has 0 fully saturated rings. The van der Waals surface area contributed by atoms with Crippen molar-refractivity contribution in [1.82, 2.24) is 0 Å². The Kier molecular flexibility index (Phi) is 9.70. The van der Waals surface area contributed by atoms with E-state index in [4.69, 9.17) is 8.83 Å². The van der Waals surface area contributed by atoms with Gasteiger partial charge in [0.25, 0.3) is 6.71 Å². The second-order valence-corrected chi connectivity index (χ2v) is 20.4. The number of benzene rings is 12. The molecule has 12 aromatic carbocycles. The van der Waals surface area contributed by atoms with Crippen LogP contribution < -0.4 is 26.2 Å². The average Bonchev–Trinajstić information content (AvgIpc) is 4.09. The summed E-state index contributed by atoms with van der Waals surface area (Å²) in [5, 5.41) is 4.43. The van der Waals surface area contributed by atoms with Gasteiger partial charge in [-0.15, -0.1) is 0 Å². The van der Waals surface area contributed by atoms with E-state index in [1.54, 1.807) is 0 Å². The minimum Gasteiger partial charge on any atom is -0.456 e. The average molecular weight is 981 g/mol. The Morgan fingerprint density at radius 1 is 0.234 bits per heavy atom. The highest BCUT2D eigenvalue weighted by molar-refractivity contribution is 7.00. The first kappa shape index (κ1) is 43.3. The van der Waals surface area contributed by atoms with Gasteiger partial charge in [-0.3, -0.25) is 0 Å². The third kappa shape index (κ3) is 7.01. The van der Waals surface area contributed by atoms with Crippen molar-refractivity contribution < 1.29 is 8.83 Å². The highest BCUT2D eigenvalue weighted by Gasteiger charge is 2.44. The molecule has 5 heteroatoms. The van der Waals surface area contributed by atoms with Gasteiger partial charge in [0, 0.05) is 55.7 Å². The van der Waals surface area contributed by atoms with Crippen LogP contribution in [0.2, 0.25) is 0 Å². The van der Waals surface area contributed by atoms with Crippen LogP contribution in [0.15, 0.2) is 282 Å². The molecule has 4 nitrogen and oxygen atoms in total. The quantitative estimate of drug-likeness (QED) is 0.149. The maximum absolute atomic E-state index is 6.42. The SMILES string of the molecule is c1ccc(-c2ccc(N3c4ccc(-c5ccccc5)cc4B4c5ccc(-c6ccc7oc8ccccc8c7c6)cc5N(c5ccc(-c6ccccc6)cc5)c5cc(-c6ccc7oc8ccccc8c7c6)cc3c54)cc2)cc1. The van der Waals surface area contributed by atoms with Crippen LogP contribution in [0.3, 0.4) is 0 Å². The first-order valence-corrected chi connectivity index (χ1v) is 26.4. The Labute approximate surface area is 446 Å². The summed E-state index contributed by atoms with van der Waals surface area (Å²) in [5.41, 5.74) is 25.6. The Bertz CT molecular complexity index is 4620. The van der Waals surface area contributed by atoms with Crippen LogP contribution in [0.5, 0.6) is 0 Å². The molecule has 0 saturated heterocycles. The van der Waals surface area contributed by atoms with Gasteiger partial charge < -0.3 is 18.6 Å². The topological polar surface area (TPSA) is 32.8 Å². The van der Waals surface area contributed by atoms with Crippen molar-refractivity contribution in [1.29, 1.82) is 0 Å². The van der Waals surface area contributed by atoms with Gasteiger partial charge in [-0.1, -0.05) is 188 Å². The van der Waals surface area contributed by atoms with Crippen LogP contribution in [-0.2, 0) is 0 Å². The molecule has 77 heavy (non-hydrogen) atoms. The summed E-state index contributed by atoms with van der Waals surface area (Å²) < 4.78 is 12.8. The van der Waals surface area contributed by atoms with Crippen molar-refractivity contribution in [3.8, 4) is 55.6 Å². The minimum atomic E-state index is -0.114. The first-order chi connectivity index (χ1) is 38.1. The normalized spacial score (nSPS) is 12.6. The fourth-order valence-corrected chi connectivity index (χ4v) is 12.4. The monoisotopic (exact) mass is 980 g/mol. The highest BCUT2D eigenvalue weighted by atomic mass is 16.3. The van der Waals surface area contributed by atoms with E-state index in [9.17, 15) is 0 Å². The zero-order valence-corrected chi connectivity index (χ0v) is 41.8. The molecule has 0 radical (unpaired) electrons. The molecule has 358 valence electrons. The van der Waals surface area contributed by atoms with Gasteiger partial charge in [-0.05, 0) is 157 Å². The van der Waals surface area contributed by atoms with Crippen LogP contribution in [-0.4, -0.2) is 6.71 Å². The van der Waals surface area contributed by atoms with Gasteiger partial charge in [-0.25, -0.2) is 0 Å². The molecule has 4 heterocycles. The lowest BCUT2D eigenvalue weighted by atomic mass is 9.33. The fraction of sp³-hybridized carbons (Fsp3) is 0. The summed E-state index contributed by atoms with van der Waals surface area (Å²) >= 11 is 0. The van der Waals surface area contributed by atoms with E-state index in [1.165, 1.54) is 49.8 Å². The zero-order valence-electron chi connectivity index (χ0n) is 41.8. The van der Waals surface area contributed by atoms with E-state index in [-0.39, 0.29) is 6.71 Å². The van der Waals surface area contributed by atoms with Gasteiger partial charge in [0.05, 0.1) is 0 Å². The van der Waals surface area contributed by atoms with Crippen molar-refractivity contribution in [2.24, 2.45) is 0 Å². The van der Waals surface area contributed by atoms with E-state index in [0.29, 0.717) is 0 Å². The molecular weight excluding hydrogens is 936 g/mol. The number of furan rings is 2. The fourth-order valence-electron chi connectivity index (χ4n) is 12.4. The van der Waals surface area contributed by atoms with Gasteiger partial charge in [0.15, 0.2) is 0 Å². The number of nitrogens with zero attached hydrogens (tertiary/aromatic N) is 2. The van der Waals surface area contributed by atoms with E-state index >= 15 is 0 Å². The summed E-state index contributed by atoms with van der Waals surface area (Å²) in [6.45, 7) is -0.114. The lowest BCUT2D eigenvalue weighted by Gasteiger charge is -2.44. The second-order valence-electron chi connectivity index (χ2n) is 20.4. The summed E-state index contributed by atoms with van der Waals surface area (Å²) in [6, 6.07) is 99.6. The summed E-state index contributed by atoms with van der Waals surface area (Å²) in [5.74, 6) is 0. The van der Waals surface area contributed by atoms with Crippen molar-refractivity contribution >= 4 is 101 Å². The summed E-state index contributed by atoms with van der Waals surface area (Å²) in [6.07, 6.45) is 0. The predicted octanol–water partition coefficient (Wildman–Crippen LogP) is 17.9. The maximum atomic E-state index is 6.42. The van der Waals surface area contributed by atoms with E-state index in [1.807, 2.05) is 12.1 Å². The van der Waals surface area contributed by atoms with Crippen LogP contribution in [0.25, 0.3) is 99.5 Å². The molecule has 0 bridgehead atoms. The van der Waals surface area contributed by atoms with E-state index in [0.717, 1.165) is 100 Å². The number of hydrogen-bond acceptors (Lipinski definition) is 4. The van der Waals surface area contributed by atoms with Crippen LogP contribution in [0, 0.1) is 0 Å². The Morgan fingerprint density at radius 2 is 0.610 bits per heavy atom. The molecule has 0 saturated carbocycles. The van der Waals surface area contributed by atoms with Gasteiger partial charge >= 0.3 is 0 Å². The number of hydrogen-bond donors (Lipinski definition) is 0. The number of anilines is 6. The number of fused-ring (bicyclic) bond motifs is 10. The molecule has 2 aliphatic rings. The summed E-state index contributed by atoms with van der Waals surface area (Å²) in [4.78, 5) is 5.05. The predicted molar refractivity (Wildman–Crippen MR) is 322 cm³/mol. The van der Waals surface area contributed by atoms with Crippen molar-refractivity contribution in [3.63, 3.8) is 0 Å². The van der Waals surface area contributed by atoms with Crippen molar-refractivity contribution in [2.45, 2.75) is 0 Å². The summed E-state index contributed by atoms with van der Waals surface area (Å²) in [7, 11) is 0. The van der Waals surface area contributed by atoms with E-state index < -0.39 is 0 Å². The molecular formula is C72H45BN2O2. The molecule has 2 aromatic heterocycles. The zero-order chi connectivity index (χ0) is 50.6. The molecule has 0 unspecified atom stereocenters. The molecule has 16 rings (SSSR count). The van der Waals surface area contributed by atoms with Crippen LogP contribution in [0.1, 0.15) is 0 Å². The molecule has 0 atom stereocenters. The van der Waals surface area contributed by atoms with Gasteiger partial charge in [0.2, 0.25) is 0 Å². The lowest BCUT2D eigenvalue weighted by Crippen LogP contribution is -2.61. The maximum Gasteiger partial charge on any atom is 0.252 e. The van der Waals surface area contributed by atoms with Gasteiger partial charge in [0.1, 0.15) is 22.3 Å². The Morgan fingerprint density at radius 3 is 1.16 bits per heavy atom. The third-order valence-electron chi connectivity index (χ3n) is 16.1. The minimum absolute atomic E-state index is 0.114. The van der Waals surface area contributed by atoms with Gasteiger partial charge in [-0.2, -0.15) is 0 Å². The van der Waals surface area contributed by atoms with Crippen LogP contribution >= 0.6 is 0 Å². The Hall–Kier alpha value is -10.1. The smallest absolute Gasteiger partial charge is 0.252 e. The molecule has 2 aliphatic heterocycles. The molecule has 0 spiro atoms. The standard InChI is InChI=1S/C72H45BN2O2/c1-4-14-46(15-5-1)49-24-32-56(33-25-49)74-64-37-29-53(48-18-8-3-9-19-48)42-63(64)73-62-36-28-54(51-30-38-70-60(40-51)58-20-10-12-22-68(58)76-70)43-65(62)75(57-34-26-50(27-35-57)47-16-6-2-7-17-47)67-45-55(44-66(74)72(67)73)52-31-39-71-61(41-52)59-21-11-13-23-69(59)77-71/h1-45H. The van der Waals surface area contributed by atoms with Crippen molar-refractivity contribution in [3.05, 3.63) is 273 Å². The van der Waals surface area contributed by atoms with E-state index in [2.05, 4.69) is 271 Å². The molecule has 14 aromatic rings.